The summed E-state index contributed by atoms with van der Waals surface area (Å²) in [5.74, 6) is 0.972. The average Bonchev–Trinajstić information content (AvgIpc) is 2.49. The molecule has 1 aromatic carbocycles. The SMILES string of the molecule is CB(O)c1ccc2c(c1)CCO2. The third-order valence-electron chi connectivity index (χ3n) is 2.20. The van der Waals surface area contributed by atoms with Gasteiger partial charge in [-0.05, 0) is 17.1 Å². The second-order valence-electron chi connectivity index (χ2n) is 3.14. The first kappa shape index (κ1) is 7.68. The minimum Gasteiger partial charge on any atom is -0.493 e. The molecule has 0 saturated heterocycles. The maximum Gasteiger partial charge on any atom is 0.320 e. The summed E-state index contributed by atoms with van der Waals surface area (Å²) in [5.41, 5.74) is 2.19. The van der Waals surface area contributed by atoms with Crippen molar-refractivity contribution in [3.8, 4) is 5.75 Å². The predicted molar refractivity (Wildman–Crippen MR) is 49.1 cm³/mol. The fraction of sp³-hybridized carbons (Fsp3) is 0.333. The van der Waals surface area contributed by atoms with Crippen LogP contribution in [0.15, 0.2) is 18.2 Å². The van der Waals surface area contributed by atoms with Crippen LogP contribution in [-0.4, -0.2) is 18.5 Å². The van der Waals surface area contributed by atoms with Gasteiger partial charge in [0.1, 0.15) is 5.75 Å². The molecule has 1 aliphatic rings. The Morgan fingerprint density at radius 3 is 3.08 bits per heavy atom. The molecular formula is C9H11BO2. The second kappa shape index (κ2) is 2.83. The summed E-state index contributed by atoms with van der Waals surface area (Å²) in [7, 11) is 0. The molecule has 0 unspecified atom stereocenters. The lowest BCUT2D eigenvalue weighted by Crippen LogP contribution is -2.25. The van der Waals surface area contributed by atoms with Crippen LogP contribution >= 0.6 is 0 Å². The van der Waals surface area contributed by atoms with Crippen LogP contribution in [0.3, 0.4) is 0 Å². The summed E-state index contributed by atoms with van der Waals surface area (Å²) in [6, 6.07) is 5.87. The van der Waals surface area contributed by atoms with Crippen molar-refractivity contribution in [1.29, 1.82) is 0 Å². The highest BCUT2D eigenvalue weighted by atomic mass is 16.5. The van der Waals surface area contributed by atoms with E-state index in [1.807, 2.05) is 18.2 Å². The van der Waals surface area contributed by atoms with E-state index in [4.69, 9.17) is 4.74 Å². The van der Waals surface area contributed by atoms with E-state index in [-0.39, 0.29) is 6.92 Å². The lowest BCUT2D eigenvalue weighted by atomic mass is 9.64. The third kappa shape index (κ3) is 1.20. The van der Waals surface area contributed by atoms with Gasteiger partial charge < -0.3 is 9.76 Å². The van der Waals surface area contributed by atoms with Crippen LogP contribution in [0.25, 0.3) is 0 Å². The number of hydrogen-bond acceptors (Lipinski definition) is 2. The highest BCUT2D eigenvalue weighted by molar-refractivity contribution is 6.64. The van der Waals surface area contributed by atoms with Gasteiger partial charge in [0.05, 0.1) is 6.61 Å². The Bertz CT molecular complexity index is 297. The Kier molecular flexibility index (Phi) is 1.81. The Balaban J connectivity index is 2.39. The molecule has 0 radical (unpaired) electrons. The fourth-order valence-electron chi connectivity index (χ4n) is 1.47. The molecule has 0 spiro atoms. The standard InChI is InChI=1S/C9H11BO2/c1-10(11)8-2-3-9-7(6-8)4-5-12-9/h2-3,6,11H,4-5H2,1H3. The predicted octanol–water partition coefficient (Wildman–Crippen LogP) is 0.442. The van der Waals surface area contributed by atoms with E-state index in [2.05, 4.69) is 0 Å². The first-order valence-corrected chi connectivity index (χ1v) is 4.21. The van der Waals surface area contributed by atoms with Gasteiger partial charge in [0, 0.05) is 6.42 Å². The maximum atomic E-state index is 9.31. The molecule has 2 nitrogen and oxygen atoms in total. The first-order chi connectivity index (χ1) is 5.77. The van der Waals surface area contributed by atoms with Crippen molar-refractivity contribution >= 4 is 12.4 Å². The van der Waals surface area contributed by atoms with Crippen molar-refractivity contribution in [3.63, 3.8) is 0 Å². The van der Waals surface area contributed by atoms with Crippen molar-refractivity contribution in [2.45, 2.75) is 13.2 Å². The van der Waals surface area contributed by atoms with E-state index in [1.54, 1.807) is 6.82 Å². The van der Waals surface area contributed by atoms with E-state index in [1.165, 1.54) is 5.56 Å². The van der Waals surface area contributed by atoms with Crippen LogP contribution in [0.1, 0.15) is 5.56 Å². The summed E-state index contributed by atoms with van der Waals surface area (Å²) in [5, 5.41) is 9.31. The van der Waals surface area contributed by atoms with E-state index in [9.17, 15) is 5.02 Å². The van der Waals surface area contributed by atoms with Gasteiger partial charge in [0.25, 0.3) is 0 Å². The topological polar surface area (TPSA) is 29.5 Å². The normalized spacial score (nSPS) is 13.8. The number of hydrogen-bond donors (Lipinski definition) is 1. The van der Waals surface area contributed by atoms with E-state index in [0.717, 1.165) is 24.2 Å². The molecule has 0 saturated carbocycles. The summed E-state index contributed by atoms with van der Waals surface area (Å²) in [4.78, 5) is 0. The lowest BCUT2D eigenvalue weighted by Gasteiger charge is -2.03. The van der Waals surface area contributed by atoms with E-state index >= 15 is 0 Å². The Hall–Kier alpha value is -0.955. The summed E-state index contributed by atoms with van der Waals surface area (Å²) >= 11 is 0. The highest BCUT2D eigenvalue weighted by Gasteiger charge is 2.14. The van der Waals surface area contributed by atoms with Crippen molar-refractivity contribution in [2.75, 3.05) is 6.61 Å². The zero-order valence-corrected chi connectivity index (χ0v) is 7.08. The van der Waals surface area contributed by atoms with E-state index in [0.29, 0.717) is 0 Å². The molecule has 3 heteroatoms. The van der Waals surface area contributed by atoms with E-state index < -0.39 is 0 Å². The quantitative estimate of drug-likeness (QED) is 0.607. The smallest absolute Gasteiger partial charge is 0.320 e. The van der Waals surface area contributed by atoms with Crippen LogP contribution in [0.2, 0.25) is 6.82 Å². The molecule has 0 aromatic heterocycles. The number of fused-ring (bicyclic) bond motifs is 1. The Morgan fingerprint density at radius 1 is 1.50 bits per heavy atom. The first-order valence-electron chi connectivity index (χ1n) is 4.21. The molecule has 0 fully saturated rings. The number of rotatable bonds is 1. The van der Waals surface area contributed by atoms with Gasteiger partial charge in [-0.1, -0.05) is 19.0 Å². The fourth-order valence-corrected chi connectivity index (χ4v) is 1.47. The van der Waals surface area contributed by atoms with Gasteiger partial charge in [0.2, 0.25) is 0 Å². The molecule has 1 N–H and O–H groups in total. The van der Waals surface area contributed by atoms with Crippen LogP contribution in [0.4, 0.5) is 0 Å². The molecule has 1 aromatic rings. The largest absolute Gasteiger partial charge is 0.493 e. The lowest BCUT2D eigenvalue weighted by molar-refractivity contribution is 0.357. The molecule has 0 atom stereocenters. The molecular weight excluding hydrogens is 151 g/mol. The molecule has 1 aliphatic heterocycles. The number of benzene rings is 1. The molecule has 2 rings (SSSR count). The molecule has 0 aliphatic carbocycles. The van der Waals surface area contributed by atoms with Gasteiger partial charge in [-0.2, -0.15) is 0 Å². The van der Waals surface area contributed by atoms with Crippen molar-refractivity contribution < 1.29 is 9.76 Å². The summed E-state index contributed by atoms with van der Waals surface area (Å²) in [6.45, 7) is 2.17. The van der Waals surface area contributed by atoms with Gasteiger partial charge in [-0.15, -0.1) is 0 Å². The van der Waals surface area contributed by atoms with Crippen LogP contribution in [-0.2, 0) is 6.42 Å². The average molecular weight is 162 g/mol. The van der Waals surface area contributed by atoms with Crippen LogP contribution in [0.5, 0.6) is 5.75 Å². The molecule has 0 bridgehead atoms. The Morgan fingerprint density at radius 2 is 2.33 bits per heavy atom. The van der Waals surface area contributed by atoms with Crippen molar-refractivity contribution in [3.05, 3.63) is 23.8 Å². The Labute approximate surface area is 72.3 Å². The van der Waals surface area contributed by atoms with Crippen LogP contribution < -0.4 is 10.2 Å². The maximum absolute atomic E-state index is 9.31. The molecule has 12 heavy (non-hydrogen) atoms. The van der Waals surface area contributed by atoms with Gasteiger partial charge in [-0.25, -0.2) is 0 Å². The minimum absolute atomic E-state index is 0.379. The van der Waals surface area contributed by atoms with Crippen molar-refractivity contribution in [2.24, 2.45) is 0 Å². The van der Waals surface area contributed by atoms with Crippen LogP contribution in [0, 0.1) is 0 Å². The summed E-state index contributed by atoms with van der Waals surface area (Å²) < 4.78 is 5.35. The highest BCUT2D eigenvalue weighted by Crippen LogP contribution is 2.22. The van der Waals surface area contributed by atoms with Gasteiger partial charge in [-0.3, -0.25) is 0 Å². The van der Waals surface area contributed by atoms with Crippen molar-refractivity contribution in [1.82, 2.24) is 0 Å². The third-order valence-corrected chi connectivity index (χ3v) is 2.20. The number of ether oxygens (including phenoxy) is 1. The monoisotopic (exact) mass is 162 g/mol. The molecule has 0 amide bonds. The summed E-state index contributed by atoms with van der Waals surface area (Å²) in [6.07, 6.45) is 0.968. The minimum atomic E-state index is -0.379. The zero-order valence-electron chi connectivity index (χ0n) is 7.08. The zero-order chi connectivity index (χ0) is 8.55. The van der Waals surface area contributed by atoms with Gasteiger partial charge >= 0.3 is 6.92 Å². The second-order valence-corrected chi connectivity index (χ2v) is 3.14. The van der Waals surface area contributed by atoms with Gasteiger partial charge in [0.15, 0.2) is 0 Å². The molecule has 62 valence electrons. The molecule has 1 heterocycles.